The van der Waals surface area contributed by atoms with Gasteiger partial charge in [-0.1, -0.05) is 24.3 Å². The van der Waals surface area contributed by atoms with E-state index in [1.54, 1.807) is 37.4 Å². The first-order valence-corrected chi connectivity index (χ1v) is 13.5. The predicted octanol–water partition coefficient (Wildman–Crippen LogP) is 2.80. The molecule has 2 N–H and O–H groups in total. The van der Waals surface area contributed by atoms with E-state index >= 15 is 0 Å². The van der Waals surface area contributed by atoms with E-state index in [0.717, 1.165) is 11.1 Å². The third kappa shape index (κ3) is 6.96. The molecule has 3 aromatic rings. The maximum absolute atomic E-state index is 13.6. The molecule has 3 aliphatic rings. The van der Waals surface area contributed by atoms with Gasteiger partial charge in [0.1, 0.15) is 23.4 Å². The molecule has 3 heterocycles. The second-order valence-electron chi connectivity index (χ2n) is 9.99. The quantitative estimate of drug-likeness (QED) is 0.471. The fraction of sp³-hybridized carbons (Fsp3) is 0.323. The lowest BCUT2D eigenvalue weighted by molar-refractivity contribution is -0.142. The van der Waals surface area contributed by atoms with Gasteiger partial charge in [-0.05, 0) is 60.0 Å². The molecule has 41 heavy (non-hydrogen) atoms. The van der Waals surface area contributed by atoms with Crippen LogP contribution in [0.15, 0.2) is 66.7 Å². The molecule has 0 saturated carbocycles. The normalized spacial score (nSPS) is 19.5. The van der Waals surface area contributed by atoms with Gasteiger partial charge in [-0.25, -0.2) is 0 Å². The third-order valence-electron chi connectivity index (χ3n) is 7.21. The highest BCUT2D eigenvalue weighted by molar-refractivity contribution is 5.96. The van der Waals surface area contributed by atoms with Crippen molar-refractivity contribution >= 4 is 17.8 Å². The Hall–Kier alpha value is -4.57. The Balaban J connectivity index is 1.49. The average Bonchev–Trinajstić information content (AvgIpc) is 3.00. The number of rotatable bonds is 3. The summed E-state index contributed by atoms with van der Waals surface area (Å²) in [6.45, 7) is 1.36. The van der Waals surface area contributed by atoms with Gasteiger partial charge < -0.3 is 29.6 Å². The van der Waals surface area contributed by atoms with Gasteiger partial charge in [0.15, 0.2) is 6.61 Å². The largest absolute Gasteiger partial charge is 0.496 e. The standard InChI is InChI=1S/C31H33N3O7/c1-38-27-11-8-22-15-25(27)21-4-3-5-24(14-21)40-19-29(35)32-16-20-6-9-23(10-7-20)41-28-12-13-34(18-30(36)39-2)17-26(28)33-31(22)37/h3-11,14-15,26,28H,12-13,16-19H2,1-2H3,(H,32,35)(H,33,37)/t26-,28-/m1/s1. The molecule has 214 valence electrons. The van der Waals surface area contributed by atoms with Crippen molar-refractivity contribution < 1.29 is 33.3 Å². The summed E-state index contributed by atoms with van der Waals surface area (Å²) < 4.78 is 22.5. The van der Waals surface area contributed by atoms with Crippen molar-refractivity contribution in [3.63, 3.8) is 0 Å². The van der Waals surface area contributed by atoms with Crippen molar-refractivity contribution in [3.8, 4) is 28.4 Å². The van der Waals surface area contributed by atoms with Crippen LogP contribution in [0.25, 0.3) is 11.1 Å². The van der Waals surface area contributed by atoms with Crippen molar-refractivity contribution in [2.45, 2.75) is 25.1 Å². The number of hydrogen-bond donors (Lipinski definition) is 2. The van der Waals surface area contributed by atoms with Crippen LogP contribution in [0.1, 0.15) is 22.3 Å². The monoisotopic (exact) mass is 559 g/mol. The number of carbonyl (C=O) groups is 3. The molecule has 0 spiro atoms. The molecular formula is C31H33N3O7. The molecule has 10 heteroatoms. The van der Waals surface area contributed by atoms with Gasteiger partial charge in [-0.15, -0.1) is 0 Å². The molecule has 0 unspecified atom stereocenters. The maximum atomic E-state index is 13.6. The number of fused-ring (bicyclic) bond motifs is 7. The van der Waals surface area contributed by atoms with Crippen LogP contribution in [0.4, 0.5) is 0 Å². The molecule has 1 saturated heterocycles. The number of amides is 2. The second-order valence-corrected chi connectivity index (χ2v) is 9.99. The molecule has 3 aromatic carbocycles. The molecule has 0 aromatic heterocycles. The predicted molar refractivity (Wildman–Crippen MR) is 151 cm³/mol. The first-order valence-electron chi connectivity index (χ1n) is 13.5. The summed E-state index contributed by atoms with van der Waals surface area (Å²) >= 11 is 0. The van der Waals surface area contributed by atoms with Crippen molar-refractivity contribution in [2.75, 3.05) is 40.5 Å². The molecule has 10 nitrogen and oxygen atoms in total. The fourth-order valence-electron chi connectivity index (χ4n) is 5.01. The van der Waals surface area contributed by atoms with Crippen LogP contribution < -0.4 is 24.8 Å². The Labute approximate surface area is 238 Å². The number of nitrogens with zero attached hydrogens (tertiary/aromatic N) is 1. The first-order chi connectivity index (χ1) is 19.9. The zero-order valence-electron chi connectivity index (χ0n) is 23.1. The van der Waals surface area contributed by atoms with Gasteiger partial charge in [-0.2, -0.15) is 0 Å². The van der Waals surface area contributed by atoms with Crippen molar-refractivity contribution in [3.05, 3.63) is 77.9 Å². The summed E-state index contributed by atoms with van der Waals surface area (Å²) in [7, 11) is 2.93. The first kappa shape index (κ1) is 28.0. The highest BCUT2D eigenvalue weighted by Crippen LogP contribution is 2.33. The average molecular weight is 560 g/mol. The van der Waals surface area contributed by atoms with E-state index in [1.165, 1.54) is 7.11 Å². The summed E-state index contributed by atoms with van der Waals surface area (Å²) in [5.74, 6) is 0.889. The van der Waals surface area contributed by atoms with Crippen molar-refractivity contribution in [2.24, 2.45) is 0 Å². The number of hydrogen-bond acceptors (Lipinski definition) is 8. The Kier molecular flexibility index (Phi) is 8.69. The number of likely N-dealkylation sites (tertiary alicyclic amines) is 1. The van der Waals surface area contributed by atoms with Gasteiger partial charge in [-0.3, -0.25) is 19.3 Å². The Morgan fingerprint density at radius 2 is 1.83 bits per heavy atom. The van der Waals surface area contributed by atoms with E-state index in [-0.39, 0.29) is 37.0 Å². The fourth-order valence-corrected chi connectivity index (χ4v) is 5.01. The van der Waals surface area contributed by atoms with Gasteiger partial charge in [0.25, 0.3) is 11.8 Å². The van der Waals surface area contributed by atoms with Crippen molar-refractivity contribution in [1.82, 2.24) is 15.5 Å². The van der Waals surface area contributed by atoms with Crippen LogP contribution in [-0.4, -0.2) is 75.3 Å². The molecule has 0 aliphatic carbocycles. The number of esters is 1. The minimum absolute atomic E-state index is 0.126. The number of ether oxygens (including phenoxy) is 4. The van der Waals surface area contributed by atoms with Gasteiger partial charge in [0.05, 0.1) is 26.8 Å². The Bertz CT molecular complexity index is 1410. The zero-order chi connectivity index (χ0) is 28.8. The van der Waals surface area contributed by atoms with Crippen LogP contribution in [0.5, 0.6) is 17.2 Å². The molecular weight excluding hydrogens is 526 g/mol. The summed E-state index contributed by atoms with van der Waals surface area (Å²) in [5, 5.41) is 6.01. The van der Waals surface area contributed by atoms with Gasteiger partial charge >= 0.3 is 5.97 Å². The lowest BCUT2D eigenvalue weighted by Gasteiger charge is -2.38. The number of benzene rings is 3. The Morgan fingerprint density at radius 1 is 1.00 bits per heavy atom. The lowest BCUT2D eigenvalue weighted by atomic mass is 9.99. The second kappa shape index (κ2) is 12.7. The van der Waals surface area contributed by atoms with E-state index in [9.17, 15) is 14.4 Å². The van der Waals surface area contributed by atoms with Crippen molar-refractivity contribution in [1.29, 1.82) is 0 Å². The third-order valence-corrected chi connectivity index (χ3v) is 7.21. The van der Waals surface area contributed by atoms with E-state index < -0.39 is 6.04 Å². The molecule has 6 bridgehead atoms. The van der Waals surface area contributed by atoms with Crippen LogP contribution >= 0.6 is 0 Å². The minimum Gasteiger partial charge on any atom is -0.496 e. The summed E-state index contributed by atoms with van der Waals surface area (Å²) in [5.41, 5.74) is 2.82. The Morgan fingerprint density at radius 3 is 2.61 bits per heavy atom. The highest BCUT2D eigenvalue weighted by atomic mass is 16.5. The van der Waals surface area contributed by atoms with E-state index in [1.807, 2.05) is 41.3 Å². The highest BCUT2D eigenvalue weighted by Gasteiger charge is 2.33. The maximum Gasteiger partial charge on any atom is 0.319 e. The van der Waals surface area contributed by atoms with Crippen LogP contribution in [-0.2, 0) is 20.9 Å². The molecule has 2 atom stereocenters. The van der Waals surface area contributed by atoms with Crippen LogP contribution in [0.3, 0.4) is 0 Å². The summed E-state index contributed by atoms with van der Waals surface area (Å²) in [6, 6.07) is 19.6. The topological polar surface area (TPSA) is 115 Å². The number of methoxy groups -OCH3 is 2. The van der Waals surface area contributed by atoms with E-state index in [0.29, 0.717) is 54.4 Å². The van der Waals surface area contributed by atoms with E-state index in [2.05, 4.69) is 10.6 Å². The van der Waals surface area contributed by atoms with Crippen LogP contribution in [0.2, 0.25) is 0 Å². The van der Waals surface area contributed by atoms with Crippen LogP contribution in [0, 0.1) is 0 Å². The van der Waals surface area contributed by atoms with E-state index in [4.69, 9.17) is 18.9 Å². The smallest absolute Gasteiger partial charge is 0.319 e. The molecule has 0 radical (unpaired) electrons. The lowest BCUT2D eigenvalue weighted by Crippen LogP contribution is -2.57. The van der Waals surface area contributed by atoms with Gasteiger partial charge in [0.2, 0.25) is 0 Å². The summed E-state index contributed by atoms with van der Waals surface area (Å²) in [4.78, 5) is 40.0. The molecule has 2 amide bonds. The molecule has 6 rings (SSSR count). The van der Waals surface area contributed by atoms with Gasteiger partial charge in [0, 0.05) is 30.8 Å². The zero-order valence-corrected chi connectivity index (χ0v) is 23.1. The SMILES string of the molecule is COC(=O)CN1CC[C@H]2Oc3ccc(cc3)CNC(=O)COc3cccc(c3)-c3cc(ccc3OC)C(=O)N[C@@H]2C1. The molecule has 3 aliphatic heterocycles. The number of piperidine rings is 1. The molecule has 1 fully saturated rings. The number of carbonyl (C=O) groups excluding carboxylic acids is 3. The minimum atomic E-state index is -0.396. The summed E-state index contributed by atoms with van der Waals surface area (Å²) in [6.07, 6.45) is 0.274. The number of nitrogens with one attached hydrogen (secondary N) is 2.